The Bertz CT molecular complexity index is 1220. The SMILES string of the molecule is COC(=O)c1ccccc1NC(=O)Cn1c(-c2ccccc2)nc2c(c1=O)CN(C)CC2. The molecule has 8 heteroatoms. The van der Waals surface area contributed by atoms with Gasteiger partial charge in [0.05, 0.1) is 29.6 Å². The molecule has 0 atom stereocenters. The van der Waals surface area contributed by atoms with Crippen LogP contribution in [-0.4, -0.2) is 47.0 Å². The summed E-state index contributed by atoms with van der Waals surface area (Å²) in [4.78, 5) is 45.2. The summed E-state index contributed by atoms with van der Waals surface area (Å²) >= 11 is 0. The third kappa shape index (κ3) is 4.31. The van der Waals surface area contributed by atoms with Gasteiger partial charge in [-0.3, -0.25) is 14.2 Å². The van der Waals surface area contributed by atoms with Gasteiger partial charge in [-0.15, -0.1) is 0 Å². The van der Waals surface area contributed by atoms with Gasteiger partial charge in [0, 0.05) is 25.1 Å². The number of likely N-dealkylation sites (N-methyl/N-ethyl adjacent to an activating group) is 1. The molecule has 1 amide bonds. The molecule has 0 fully saturated rings. The van der Waals surface area contributed by atoms with Crippen LogP contribution in [0.25, 0.3) is 11.4 Å². The molecule has 0 aliphatic carbocycles. The van der Waals surface area contributed by atoms with Crippen LogP contribution in [0.3, 0.4) is 0 Å². The van der Waals surface area contributed by atoms with Crippen molar-refractivity contribution in [3.05, 3.63) is 81.8 Å². The van der Waals surface area contributed by atoms with Crippen LogP contribution in [0, 0.1) is 0 Å². The number of aromatic nitrogens is 2. The Morgan fingerprint density at radius 1 is 1.09 bits per heavy atom. The molecule has 32 heavy (non-hydrogen) atoms. The highest BCUT2D eigenvalue weighted by atomic mass is 16.5. The number of ether oxygens (including phenoxy) is 1. The van der Waals surface area contributed by atoms with Gasteiger partial charge in [-0.1, -0.05) is 42.5 Å². The van der Waals surface area contributed by atoms with E-state index in [-0.39, 0.29) is 17.7 Å². The summed E-state index contributed by atoms with van der Waals surface area (Å²) < 4.78 is 6.19. The van der Waals surface area contributed by atoms with Gasteiger partial charge in [-0.2, -0.15) is 0 Å². The molecule has 0 radical (unpaired) electrons. The molecule has 1 aliphatic rings. The molecule has 8 nitrogen and oxygen atoms in total. The number of nitrogens with zero attached hydrogens (tertiary/aromatic N) is 3. The van der Waals surface area contributed by atoms with Crippen molar-refractivity contribution >= 4 is 17.6 Å². The summed E-state index contributed by atoms with van der Waals surface area (Å²) in [6.07, 6.45) is 0.681. The number of amides is 1. The smallest absolute Gasteiger partial charge is 0.339 e. The van der Waals surface area contributed by atoms with Gasteiger partial charge in [0.1, 0.15) is 12.4 Å². The fraction of sp³-hybridized carbons (Fsp3) is 0.250. The number of fused-ring (bicyclic) bond motifs is 1. The van der Waals surface area contributed by atoms with Crippen LogP contribution in [-0.2, 0) is 29.0 Å². The van der Waals surface area contributed by atoms with E-state index in [9.17, 15) is 14.4 Å². The Labute approximate surface area is 185 Å². The van der Waals surface area contributed by atoms with Crippen LogP contribution in [0.15, 0.2) is 59.4 Å². The Morgan fingerprint density at radius 3 is 2.56 bits per heavy atom. The number of anilines is 1. The zero-order chi connectivity index (χ0) is 22.7. The summed E-state index contributed by atoms with van der Waals surface area (Å²) in [6, 6.07) is 15.9. The molecule has 0 unspecified atom stereocenters. The van der Waals surface area contributed by atoms with Crippen molar-refractivity contribution in [2.75, 3.05) is 26.0 Å². The number of carbonyl (C=O) groups is 2. The molecule has 0 saturated heterocycles. The molecule has 0 bridgehead atoms. The van der Waals surface area contributed by atoms with Crippen molar-refractivity contribution < 1.29 is 14.3 Å². The number of nitrogens with one attached hydrogen (secondary N) is 1. The van der Waals surface area contributed by atoms with Gasteiger partial charge in [-0.25, -0.2) is 9.78 Å². The number of esters is 1. The molecule has 3 aromatic rings. The minimum Gasteiger partial charge on any atom is -0.465 e. The minimum atomic E-state index is -0.554. The maximum atomic E-state index is 13.4. The van der Waals surface area contributed by atoms with Crippen molar-refractivity contribution in [1.82, 2.24) is 14.5 Å². The molecule has 2 heterocycles. The Hall–Kier alpha value is -3.78. The quantitative estimate of drug-likeness (QED) is 0.622. The standard InChI is InChI=1S/C24H24N4O4/c1-27-13-12-20-18(14-27)23(30)28(22(26-20)16-8-4-3-5-9-16)15-21(29)25-19-11-7-6-10-17(19)24(31)32-2/h3-11H,12-15H2,1-2H3,(H,25,29). The first kappa shape index (κ1) is 21.5. The van der Waals surface area contributed by atoms with Gasteiger partial charge in [-0.05, 0) is 19.2 Å². The van der Waals surface area contributed by atoms with E-state index in [4.69, 9.17) is 9.72 Å². The number of carbonyl (C=O) groups excluding carboxylic acids is 2. The topological polar surface area (TPSA) is 93.5 Å². The zero-order valence-electron chi connectivity index (χ0n) is 18.0. The largest absolute Gasteiger partial charge is 0.465 e. The Balaban J connectivity index is 1.72. The second kappa shape index (κ2) is 9.15. The fourth-order valence-corrected chi connectivity index (χ4v) is 3.82. The highest BCUT2D eigenvalue weighted by molar-refractivity contribution is 6.01. The number of hydrogen-bond acceptors (Lipinski definition) is 6. The predicted octanol–water partition coefficient (Wildman–Crippen LogP) is 2.32. The van der Waals surface area contributed by atoms with Crippen LogP contribution in [0.4, 0.5) is 5.69 Å². The number of para-hydroxylation sites is 1. The molecular formula is C24H24N4O4. The lowest BCUT2D eigenvalue weighted by atomic mass is 10.1. The molecule has 1 N–H and O–H groups in total. The number of rotatable bonds is 5. The van der Waals surface area contributed by atoms with Gasteiger partial charge < -0.3 is 15.0 Å². The number of benzene rings is 2. The van der Waals surface area contributed by atoms with Crippen molar-refractivity contribution in [2.24, 2.45) is 0 Å². The van der Waals surface area contributed by atoms with Gasteiger partial charge >= 0.3 is 5.97 Å². The Morgan fingerprint density at radius 2 is 1.81 bits per heavy atom. The third-order valence-corrected chi connectivity index (χ3v) is 5.45. The highest BCUT2D eigenvalue weighted by Gasteiger charge is 2.24. The van der Waals surface area contributed by atoms with Crippen LogP contribution < -0.4 is 10.9 Å². The monoisotopic (exact) mass is 432 g/mol. The number of hydrogen-bond donors (Lipinski definition) is 1. The first-order valence-electron chi connectivity index (χ1n) is 10.3. The molecule has 0 saturated carbocycles. The van der Waals surface area contributed by atoms with E-state index in [2.05, 4.69) is 10.2 Å². The average Bonchev–Trinajstić information content (AvgIpc) is 2.81. The van der Waals surface area contributed by atoms with E-state index < -0.39 is 11.9 Å². The van der Waals surface area contributed by atoms with Crippen LogP contribution in [0.1, 0.15) is 21.6 Å². The summed E-state index contributed by atoms with van der Waals surface area (Å²) in [5.74, 6) is -0.539. The van der Waals surface area contributed by atoms with E-state index in [0.717, 1.165) is 17.8 Å². The van der Waals surface area contributed by atoms with E-state index >= 15 is 0 Å². The second-order valence-electron chi connectivity index (χ2n) is 7.69. The molecule has 1 aromatic heterocycles. The fourth-order valence-electron chi connectivity index (χ4n) is 3.82. The van der Waals surface area contributed by atoms with Gasteiger partial charge in [0.25, 0.3) is 5.56 Å². The van der Waals surface area contributed by atoms with Gasteiger partial charge in [0.15, 0.2) is 0 Å². The molecule has 164 valence electrons. The normalized spacial score (nSPS) is 13.3. The molecular weight excluding hydrogens is 408 g/mol. The van der Waals surface area contributed by atoms with E-state index in [1.54, 1.807) is 24.3 Å². The van der Waals surface area contributed by atoms with Gasteiger partial charge in [0.2, 0.25) is 5.91 Å². The van der Waals surface area contributed by atoms with Crippen LogP contribution in [0.2, 0.25) is 0 Å². The number of methoxy groups -OCH3 is 1. The summed E-state index contributed by atoms with van der Waals surface area (Å²) in [5.41, 5.74) is 2.49. The molecule has 4 rings (SSSR count). The van der Waals surface area contributed by atoms with Crippen molar-refractivity contribution in [2.45, 2.75) is 19.5 Å². The Kier molecular flexibility index (Phi) is 6.13. The van der Waals surface area contributed by atoms with Crippen LogP contribution >= 0.6 is 0 Å². The molecule has 1 aliphatic heterocycles. The van der Waals surface area contributed by atoms with Crippen molar-refractivity contribution in [3.8, 4) is 11.4 Å². The van der Waals surface area contributed by atoms with Crippen molar-refractivity contribution in [1.29, 1.82) is 0 Å². The molecule has 0 spiro atoms. The lowest BCUT2D eigenvalue weighted by Crippen LogP contribution is -2.38. The summed E-state index contributed by atoms with van der Waals surface area (Å²) in [7, 11) is 3.23. The molecule has 2 aromatic carbocycles. The van der Waals surface area contributed by atoms with E-state index in [1.165, 1.54) is 11.7 Å². The van der Waals surface area contributed by atoms with E-state index in [0.29, 0.717) is 30.0 Å². The van der Waals surface area contributed by atoms with E-state index in [1.807, 2.05) is 37.4 Å². The third-order valence-electron chi connectivity index (χ3n) is 5.45. The zero-order valence-corrected chi connectivity index (χ0v) is 18.0. The maximum Gasteiger partial charge on any atom is 0.339 e. The second-order valence-corrected chi connectivity index (χ2v) is 7.69. The lowest BCUT2D eigenvalue weighted by molar-refractivity contribution is -0.116. The first-order chi connectivity index (χ1) is 15.5. The van der Waals surface area contributed by atoms with Crippen molar-refractivity contribution in [3.63, 3.8) is 0 Å². The summed E-state index contributed by atoms with van der Waals surface area (Å²) in [5, 5.41) is 2.73. The lowest BCUT2D eigenvalue weighted by Gasteiger charge is -2.25. The summed E-state index contributed by atoms with van der Waals surface area (Å²) in [6.45, 7) is 1.08. The predicted molar refractivity (Wildman–Crippen MR) is 120 cm³/mol. The minimum absolute atomic E-state index is 0.225. The van der Waals surface area contributed by atoms with Crippen LogP contribution in [0.5, 0.6) is 0 Å². The maximum absolute atomic E-state index is 13.4. The first-order valence-corrected chi connectivity index (χ1v) is 10.3. The highest BCUT2D eigenvalue weighted by Crippen LogP contribution is 2.21. The average molecular weight is 432 g/mol.